The Balaban J connectivity index is 1.70. The third-order valence-electron chi connectivity index (χ3n) is 3.00. The summed E-state index contributed by atoms with van der Waals surface area (Å²) in [6, 6.07) is 10.9. The van der Waals surface area contributed by atoms with Crippen molar-refractivity contribution in [2.45, 2.75) is 6.92 Å². The molecular formula is C16H13N3O4S. The standard InChI is InChI=1S/C16H13N3O4S/c1-2-22-15(21)13-9-17-16(24-13)18-14(20)11-8-12(23-19-11)10-6-4-3-5-7-10/h3-9H,2H2,1H3,(H,17,18,20). The van der Waals surface area contributed by atoms with Crippen molar-refractivity contribution in [1.82, 2.24) is 10.1 Å². The zero-order valence-electron chi connectivity index (χ0n) is 12.7. The Morgan fingerprint density at radius 3 is 2.83 bits per heavy atom. The molecule has 8 heteroatoms. The molecule has 0 saturated heterocycles. The maximum absolute atomic E-state index is 12.2. The second-order valence-corrected chi connectivity index (χ2v) is 5.68. The highest BCUT2D eigenvalue weighted by Gasteiger charge is 2.17. The van der Waals surface area contributed by atoms with Crippen molar-refractivity contribution in [3.63, 3.8) is 0 Å². The van der Waals surface area contributed by atoms with E-state index >= 15 is 0 Å². The van der Waals surface area contributed by atoms with E-state index in [-0.39, 0.29) is 17.4 Å². The number of esters is 1. The smallest absolute Gasteiger partial charge is 0.350 e. The number of hydrogen-bond acceptors (Lipinski definition) is 7. The van der Waals surface area contributed by atoms with Gasteiger partial charge in [-0.15, -0.1) is 0 Å². The van der Waals surface area contributed by atoms with Gasteiger partial charge in [0.15, 0.2) is 16.6 Å². The normalized spacial score (nSPS) is 10.4. The zero-order chi connectivity index (χ0) is 16.9. The summed E-state index contributed by atoms with van der Waals surface area (Å²) in [6.45, 7) is 2.00. The number of nitrogens with zero attached hydrogens (tertiary/aromatic N) is 2. The Kier molecular flexibility index (Phi) is 4.66. The fourth-order valence-corrected chi connectivity index (χ4v) is 2.62. The average molecular weight is 343 g/mol. The lowest BCUT2D eigenvalue weighted by molar-refractivity contribution is 0.0531. The van der Waals surface area contributed by atoms with Gasteiger partial charge in [-0.25, -0.2) is 9.78 Å². The fourth-order valence-electron chi connectivity index (χ4n) is 1.91. The Morgan fingerprint density at radius 1 is 1.29 bits per heavy atom. The molecule has 0 atom stereocenters. The van der Waals surface area contributed by atoms with E-state index in [0.29, 0.717) is 10.6 Å². The lowest BCUT2D eigenvalue weighted by Crippen LogP contribution is -2.11. The molecule has 1 N–H and O–H groups in total. The lowest BCUT2D eigenvalue weighted by atomic mass is 10.1. The highest BCUT2D eigenvalue weighted by Crippen LogP contribution is 2.22. The Labute approximate surface area is 141 Å². The second-order valence-electron chi connectivity index (χ2n) is 4.65. The number of anilines is 1. The van der Waals surface area contributed by atoms with Gasteiger partial charge in [0.05, 0.1) is 12.8 Å². The first-order valence-electron chi connectivity index (χ1n) is 7.14. The summed E-state index contributed by atoms with van der Waals surface area (Å²) in [5.41, 5.74) is 0.949. The minimum atomic E-state index is -0.469. The molecule has 0 spiro atoms. The summed E-state index contributed by atoms with van der Waals surface area (Å²) < 4.78 is 10.1. The molecule has 0 radical (unpaired) electrons. The highest BCUT2D eigenvalue weighted by molar-refractivity contribution is 7.17. The van der Waals surface area contributed by atoms with E-state index < -0.39 is 11.9 Å². The van der Waals surface area contributed by atoms with Crippen LogP contribution in [0, 0.1) is 0 Å². The molecule has 122 valence electrons. The molecule has 0 aliphatic rings. The number of hydrogen-bond donors (Lipinski definition) is 1. The first-order chi connectivity index (χ1) is 11.7. The van der Waals surface area contributed by atoms with Crippen LogP contribution in [0.15, 0.2) is 47.1 Å². The number of benzene rings is 1. The minimum absolute atomic E-state index is 0.127. The molecule has 3 rings (SSSR count). The van der Waals surface area contributed by atoms with Crippen LogP contribution in [0.25, 0.3) is 11.3 Å². The predicted octanol–water partition coefficient (Wildman–Crippen LogP) is 3.23. The number of aromatic nitrogens is 2. The van der Waals surface area contributed by atoms with Crippen LogP contribution >= 0.6 is 11.3 Å². The van der Waals surface area contributed by atoms with Crippen LogP contribution in [0.1, 0.15) is 27.1 Å². The molecular weight excluding hydrogens is 330 g/mol. The number of nitrogens with one attached hydrogen (secondary N) is 1. The van der Waals surface area contributed by atoms with Crippen LogP contribution in [-0.4, -0.2) is 28.6 Å². The Hall–Kier alpha value is -3.00. The van der Waals surface area contributed by atoms with Crippen LogP contribution in [0.2, 0.25) is 0 Å². The molecule has 0 aliphatic carbocycles. The summed E-state index contributed by atoms with van der Waals surface area (Å²) in [5, 5.41) is 6.62. The molecule has 0 unspecified atom stereocenters. The van der Waals surface area contributed by atoms with Gasteiger partial charge in [-0.2, -0.15) is 0 Å². The summed E-state index contributed by atoms with van der Waals surface area (Å²) in [6.07, 6.45) is 1.36. The third-order valence-corrected chi connectivity index (χ3v) is 3.90. The molecule has 3 aromatic rings. The van der Waals surface area contributed by atoms with Crippen molar-refractivity contribution >= 4 is 28.3 Å². The Bertz CT molecular complexity index is 857. The van der Waals surface area contributed by atoms with Gasteiger partial charge in [-0.3, -0.25) is 10.1 Å². The first kappa shape index (κ1) is 15.9. The largest absolute Gasteiger partial charge is 0.462 e. The summed E-state index contributed by atoms with van der Waals surface area (Å²) in [7, 11) is 0. The maximum Gasteiger partial charge on any atom is 0.350 e. The van der Waals surface area contributed by atoms with Gasteiger partial charge in [0.2, 0.25) is 0 Å². The molecule has 1 amide bonds. The molecule has 0 bridgehead atoms. The van der Waals surface area contributed by atoms with E-state index in [0.717, 1.165) is 16.9 Å². The SMILES string of the molecule is CCOC(=O)c1cnc(NC(=O)c2cc(-c3ccccc3)on2)s1. The molecule has 24 heavy (non-hydrogen) atoms. The molecule has 2 heterocycles. The van der Waals surface area contributed by atoms with Crippen LogP contribution in [0.3, 0.4) is 0 Å². The molecule has 1 aromatic carbocycles. The van der Waals surface area contributed by atoms with Gasteiger partial charge in [-0.05, 0) is 6.92 Å². The van der Waals surface area contributed by atoms with Crippen molar-refractivity contribution in [2.24, 2.45) is 0 Å². The molecule has 0 fully saturated rings. The predicted molar refractivity (Wildman–Crippen MR) is 88.0 cm³/mol. The van der Waals surface area contributed by atoms with E-state index in [2.05, 4.69) is 15.5 Å². The molecule has 7 nitrogen and oxygen atoms in total. The highest BCUT2D eigenvalue weighted by atomic mass is 32.1. The van der Waals surface area contributed by atoms with E-state index in [4.69, 9.17) is 9.26 Å². The lowest BCUT2D eigenvalue weighted by Gasteiger charge is -1.97. The molecule has 0 saturated carbocycles. The van der Waals surface area contributed by atoms with E-state index in [1.807, 2.05) is 30.3 Å². The number of thiazole rings is 1. The monoisotopic (exact) mass is 343 g/mol. The number of amides is 1. The van der Waals surface area contributed by atoms with Gasteiger partial charge >= 0.3 is 5.97 Å². The number of rotatable bonds is 5. The quantitative estimate of drug-likeness (QED) is 0.715. The third kappa shape index (κ3) is 3.49. The maximum atomic E-state index is 12.2. The number of ether oxygens (including phenoxy) is 1. The van der Waals surface area contributed by atoms with E-state index in [1.165, 1.54) is 6.20 Å². The minimum Gasteiger partial charge on any atom is -0.462 e. The summed E-state index contributed by atoms with van der Waals surface area (Å²) >= 11 is 1.03. The van der Waals surface area contributed by atoms with Gasteiger partial charge in [-0.1, -0.05) is 46.8 Å². The van der Waals surface area contributed by atoms with Crippen LogP contribution in [-0.2, 0) is 4.74 Å². The Morgan fingerprint density at radius 2 is 2.08 bits per heavy atom. The van der Waals surface area contributed by atoms with E-state index in [9.17, 15) is 9.59 Å². The van der Waals surface area contributed by atoms with E-state index in [1.54, 1.807) is 13.0 Å². The van der Waals surface area contributed by atoms with Crippen LogP contribution in [0.4, 0.5) is 5.13 Å². The summed E-state index contributed by atoms with van der Waals surface area (Å²) in [5.74, 6) is -0.443. The molecule has 0 aliphatic heterocycles. The van der Waals surface area contributed by atoms with Crippen molar-refractivity contribution in [3.05, 3.63) is 53.2 Å². The van der Waals surface area contributed by atoms with Crippen molar-refractivity contribution in [1.29, 1.82) is 0 Å². The zero-order valence-corrected chi connectivity index (χ0v) is 13.5. The number of carbonyl (C=O) groups is 2. The van der Waals surface area contributed by atoms with Gasteiger partial charge in [0.1, 0.15) is 4.88 Å². The van der Waals surface area contributed by atoms with Gasteiger partial charge in [0.25, 0.3) is 5.91 Å². The van der Waals surface area contributed by atoms with Crippen LogP contribution in [0.5, 0.6) is 0 Å². The van der Waals surface area contributed by atoms with Crippen molar-refractivity contribution in [2.75, 3.05) is 11.9 Å². The van der Waals surface area contributed by atoms with Gasteiger partial charge in [0, 0.05) is 11.6 Å². The number of carbonyl (C=O) groups excluding carboxylic acids is 2. The fraction of sp³-hybridized carbons (Fsp3) is 0.125. The first-order valence-corrected chi connectivity index (χ1v) is 7.95. The summed E-state index contributed by atoms with van der Waals surface area (Å²) in [4.78, 5) is 28.1. The van der Waals surface area contributed by atoms with Crippen molar-refractivity contribution in [3.8, 4) is 11.3 Å². The van der Waals surface area contributed by atoms with Gasteiger partial charge < -0.3 is 9.26 Å². The topological polar surface area (TPSA) is 94.3 Å². The average Bonchev–Trinajstić information content (AvgIpc) is 3.25. The molecule has 2 aromatic heterocycles. The van der Waals surface area contributed by atoms with Crippen LogP contribution < -0.4 is 5.32 Å². The second kappa shape index (κ2) is 7.05. The van der Waals surface area contributed by atoms with Crippen molar-refractivity contribution < 1.29 is 18.8 Å².